The highest BCUT2D eigenvalue weighted by atomic mass is 79.9. The molecule has 2 rings (SSSR count). The lowest BCUT2D eigenvalue weighted by molar-refractivity contribution is -0.116. The molecule has 25 heavy (non-hydrogen) atoms. The molecule has 0 heterocycles. The first-order valence-corrected chi connectivity index (χ1v) is 10.1. The summed E-state index contributed by atoms with van der Waals surface area (Å²) in [6, 6.07) is 10.9. The normalized spacial score (nSPS) is 11.6. The van der Waals surface area contributed by atoms with Gasteiger partial charge in [-0.15, -0.1) is 0 Å². The largest absolute Gasteiger partial charge is 0.322 e. The van der Waals surface area contributed by atoms with Crippen LogP contribution < -0.4 is 5.32 Å². The van der Waals surface area contributed by atoms with Gasteiger partial charge in [-0.25, -0.2) is 12.8 Å². The van der Waals surface area contributed by atoms with E-state index in [0.717, 1.165) is 10.6 Å². The maximum atomic E-state index is 13.8. The third kappa shape index (κ3) is 5.78. The van der Waals surface area contributed by atoms with Crippen molar-refractivity contribution in [1.29, 1.82) is 0 Å². The molecule has 0 radical (unpaired) electrons. The second-order valence-electron chi connectivity index (χ2n) is 5.29. The van der Waals surface area contributed by atoms with Crippen molar-refractivity contribution in [3.63, 3.8) is 0 Å². The van der Waals surface area contributed by atoms with Gasteiger partial charge in [0.2, 0.25) is 15.9 Å². The average Bonchev–Trinajstić information content (AvgIpc) is 2.50. The second kappa shape index (κ2) is 8.27. The van der Waals surface area contributed by atoms with E-state index in [1.54, 1.807) is 30.3 Å². The zero-order chi connectivity index (χ0) is 18.6. The highest BCUT2D eigenvalue weighted by molar-refractivity contribution is 9.10. The molecule has 9 heteroatoms. The number of rotatable bonds is 6. The molecule has 0 aliphatic heterocycles. The minimum absolute atomic E-state index is 0.0283. The Morgan fingerprint density at radius 1 is 1.28 bits per heavy atom. The van der Waals surface area contributed by atoms with E-state index in [2.05, 4.69) is 21.2 Å². The summed E-state index contributed by atoms with van der Waals surface area (Å²) in [5.74, 6) is -1.28. The van der Waals surface area contributed by atoms with Crippen LogP contribution in [0.25, 0.3) is 0 Å². The van der Waals surface area contributed by atoms with Crippen molar-refractivity contribution >= 4 is 49.1 Å². The molecule has 0 atom stereocenters. The van der Waals surface area contributed by atoms with Gasteiger partial charge in [0.25, 0.3) is 0 Å². The minimum Gasteiger partial charge on any atom is -0.322 e. The quantitative estimate of drug-likeness (QED) is 0.732. The van der Waals surface area contributed by atoms with Crippen molar-refractivity contribution in [2.75, 3.05) is 18.1 Å². The zero-order valence-corrected chi connectivity index (χ0v) is 16.3. The highest BCUT2D eigenvalue weighted by Gasteiger charge is 2.22. The Bertz CT molecular complexity index is 893. The zero-order valence-electron chi connectivity index (χ0n) is 13.2. The van der Waals surface area contributed by atoms with Crippen molar-refractivity contribution < 1.29 is 17.6 Å². The van der Waals surface area contributed by atoms with Crippen LogP contribution in [0.1, 0.15) is 5.56 Å². The van der Waals surface area contributed by atoms with Crippen LogP contribution in [-0.4, -0.2) is 31.4 Å². The first-order chi connectivity index (χ1) is 11.7. The maximum Gasteiger partial charge on any atom is 0.239 e. The molecule has 0 aliphatic rings. The molecular formula is C16H15BrClFN2O3S. The summed E-state index contributed by atoms with van der Waals surface area (Å²) in [4.78, 5) is 12.2. The molecule has 1 N–H and O–H groups in total. The lowest BCUT2D eigenvalue weighted by atomic mass is 10.2. The van der Waals surface area contributed by atoms with Crippen molar-refractivity contribution in [2.45, 2.75) is 6.54 Å². The molecule has 0 aliphatic carbocycles. The second-order valence-corrected chi connectivity index (χ2v) is 8.60. The molecule has 0 bridgehead atoms. The van der Waals surface area contributed by atoms with E-state index in [0.29, 0.717) is 15.1 Å². The molecule has 0 fully saturated rings. The van der Waals surface area contributed by atoms with Crippen molar-refractivity contribution in [1.82, 2.24) is 4.31 Å². The first-order valence-electron chi connectivity index (χ1n) is 7.10. The lowest BCUT2D eigenvalue weighted by Gasteiger charge is -2.20. The number of carbonyl (C=O) groups excluding carboxylic acids is 1. The highest BCUT2D eigenvalue weighted by Crippen LogP contribution is 2.20. The Kier molecular flexibility index (Phi) is 6.56. The monoisotopic (exact) mass is 448 g/mol. The Labute approximate surface area is 159 Å². The van der Waals surface area contributed by atoms with Gasteiger partial charge in [0.15, 0.2) is 0 Å². The van der Waals surface area contributed by atoms with Crippen LogP contribution in [0.15, 0.2) is 46.9 Å². The molecular weight excluding hydrogens is 435 g/mol. The van der Waals surface area contributed by atoms with Crippen LogP contribution in [0.2, 0.25) is 5.02 Å². The van der Waals surface area contributed by atoms with Crippen molar-refractivity contribution in [2.24, 2.45) is 0 Å². The van der Waals surface area contributed by atoms with Crippen LogP contribution in [0, 0.1) is 5.82 Å². The van der Waals surface area contributed by atoms with Gasteiger partial charge in [0, 0.05) is 16.0 Å². The molecule has 2 aromatic rings. The number of sulfonamides is 1. The molecule has 2 aromatic carbocycles. The molecule has 0 spiro atoms. The number of hydrogen-bond donors (Lipinski definition) is 1. The van der Waals surface area contributed by atoms with E-state index < -0.39 is 28.3 Å². The number of benzene rings is 2. The van der Waals surface area contributed by atoms with Gasteiger partial charge >= 0.3 is 0 Å². The van der Waals surface area contributed by atoms with E-state index in [1.807, 2.05) is 0 Å². The predicted molar refractivity (Wildman–Crippen MR) is 99.4 cm³/mol. The van der Waals surface area contributed by atoms with Crippen LogP contribution in [0.5, 0.6) is 0 Å². The fourth-order valence-electron chi connectivity index (χ4n) is 2.05. The number of halogens is 3. The van der Waals surface area contributed by atoms with Crippen LogP contribution in [-0.2, 0) is 21.4 Å². The van der Waals surface area contributed by atoms with Gasteiger partial charge in [-0.2, -0.15) is 4.31 Å². The molecule has 0 unspecified atom stereocenters. The third-order valence-electron chi connectivity index (χ3n) is 3.30. The van der Waals surface area contributed by atoms with Gasteiger partial charge in [-0.3, -0.25) is 4.79 Å². The Morgan fingerprint density at radius 2 is 1.96 bits per heavy atom. The number of amides is 1. The van der Waals surface area contributed by atoms with E-state index in [-0.39, 0.29) is 12.2 Å². The number of nitrogens with zero attached hydrogens (tertiary/aromatic N) is 1. The summed E-state index contributed by atoms with van der Waals surface area (Å²) in [5, 5.41) is 2.77. The van der Waals surface area contributed by atoms with Gasteiger partial charge in [0.1, 0.15) is 5.82 Å². The molecule has 134 valence electrons. The van der Waals surface area contributed by atoms with Crippen LogP contribution in [0.3, 0.4) is 0 Å². The summed E-state index contributed by atoms with van der Waals surface area (Å²) in [5.41, 5.74) is 0.539. The molecule has 0 aromatic heterocycles. The van der Waals surface area contributed by atoms with E-state index in [9.17, 15) is 17.6 Å². The maximum absolute atomic E-state index is 13.8. The number of nitrogens with one attached hydrogen (secondary N) is 1. The Balaban J connectivity index is 2.14. The summed E-state index contributed by atoms with van der Waals surface area (Å²) < 4.78 is 39.2. The van der Waals surface area contributed by atoms with Crippen LogP contribution >= 0.6 is 27.5 Å². The molecule has 0 saturated carbocycles. The fourth-order valence-corrected chi connectivity index (χ4v) is 3.30. The molecule has 5 nitrogen and oxygen atoms in total. The van der Waals surface area contributed by atoms with Gasteiger partial charge < -0.3 is 5.32 Å². The van der Waals surface area contributed by atoms with Crippen LogP contribution in [0.4, 0.5) is 10.1 Å². The van der Waals surface area contributed by atoms with E-state index >= 15 is 0 Å². The topological polar surface area (TPSA) is 66.5 Å². The van der Waals surface area contributed by atoms with Gasteiger partial charge in [-0.05, 0) is 29.8 Å². The number of anilines is 1. The van der Waals surface area contributed by atoms with Crippen molar-refractivity contribution in [3.05, 3.63) is 63.3 Å². The molecule has 0 saturated heterocycles. The van der Waals surface area contributed by atoms with E-state index in [4.69, 9.17) is 11.6 Å². The van der Waals surface area contributed by atoms with E-state index in [1.165, 1.54) is 12.1 Å². The smallest absolute Gasteiger partial charge is 0.239 e. The summed E-state index contributed by atoms with van der Waals surface area (Å²) >= 11 is 9.16. The predicted octanol–water partition coefficient (Wildman–Crippen LogP) is 3.64. The summed E-state index contributed by atoms with van der Waals surface area (Å²) in [6.45, 7) is -0.520. The fraction of sp³-hybridized carbons (Fsp3) is 0.188. The van der Waals surface area contributed by atoms with Gasteiger partial charge in [0.05, 0.1) is 18.5 Å². The minimum atomic E-state index is -3.67. The van der Waals surface area contributed by atoms with Crippen molar-refractivity contribution in [3.8, 4) is 0 Å². The number of hydrogen-bond acceptors (Lipinski definition) is 3. The Morgan fingerprint density at radius 3 is 2.56 bits per heavy atom. The summed E-state index contributed by atoms with van der Waals surface area (Å²) in [7, 11) is -3.67. The lowest BCUT2D eigenvalue weighted by Crippen LogP contribution is -2.37. The van der Waals surface area contributed by atoms with Gasteiger partial charge in [-0.1, -0.05) is 45.7 Å². The average molecular weight is 450 g/mol. The molecule has 1 amide bonds. The third-order valence-corrected chi connectivity index (χ3v) is 5.36. The Hall–Kier alpha value is -1.48. The standard InChI is InChI=1S/C16H15BrClFN2O3S/c1-25(23,24)21(9-11-4-2-3-5-13(11)18)10-16(22)20-15-7-6-12(17)8-14(15)19/h2-8H,9-10H2,1H3,(H,20,22). The summed E-state index contributed by atoms with van der Waals surface area (Å²) in [6.07, 6.45) is 0.997. The SMILES string of the molecule is CS(=O)(=O)N(CC(=O)Nc1ccc(Br)cc1F)Cc1ccccc1Cl. The first kappa shape index (κ1) is 19.8. The number of carbonyl (C=O) groups is 1.